The molecule has 1 aliphatic rings. The molecule has 1 rings (SSSR count). The number of likely N-dealkylation sites (tertiary alicyclic amines) is 1. The van der Waals surface area contributed by atoms with Crippen LogP contribution in [0.3, 0.4) is 0 Å². The van der Waals surface area contributed by atoms with Crippen LogP contribution in [0.2, 0.25) is 0 Å². The van der Waals surface area contributed by atoms with Gasteiger partial charge in [0.25, 0.3) is 0 Å². The SMILES string of the molecule is COC(C)(C)CC(=O)N1CCC(C)(C(N)=S)CC1. The van der Waals surface area contributed by atoms with Crippen molar-refractivity contribution < 1.29 is 9.53 Å². The Morgan fingerprint density at radius 1 is 1.44 bits per heavy atom. The Kier molecular flexibility index (Phi) is 4.72. The molecule has 2 N–H and O–H groups in total. The lowest BCUT2D eigenvalue weighted by molar-refractivity contribution is -0.138. The Hall–Kier alpha value is -0.680. The van der Waals surface area contributed by atoms with E-state index in [1.54, 1.807) is 7.11 Å². The van der Waals surface area contributed by atoms with E-state index in [9.17, 15) is 4.79 Å². The molecule has 0 saturated carbocycles. The van der Waals surface area contributed by atoms with Gasteiger partial charge in [-0.2, -0.15) is 0 Å². The summed E-state index contributed by atoms with van der Waals surface area (Å²) in [5, 5.41) is 0. The zero-order valence-corrected chi connectivity index (χ0v) is 12.6. The predicted molar refractivity (Wildman–Crippen MR) is 76.4 cm³/mol. The van der Waals surface area contributed by atoms with E-state index in [4.69, 9.17) is 22.7 Å². The van der Waals surface area contributed by atoms with E-state index in [-0.39, 0.29) is 11.3 Å². The summed E-state index contributed by atoms with van der Waals surface area (Å²) in [7, 11) is 1.63. The molecular formula is C13H24N2O2S. The Labute approximate surface area is 115 Å². The van der Waals surface area contributed by atoms with E-state index in [0.717, 1.165) is 25.9 Å². The minimum atomic E-state index is -0.402. The molecule has 1 aliphatic heterocycles. The van der Waals surface area contributed by atoms with E-state index in [1.807, 2.05) is 18.7 Å². The molecule has 0 aliphatic carbocycles. The van der Waals surface area contributed by atoms with Gasteiger partial charge in [0.2, 0.25) is 5.91 Å². The zero-order valence-electron chi connectivity index (χ0n) is 11.8. The van der Waals surface area contributed by atoms with Crippen LogP contribution < -0.4 is 5.73 Å². The van der Waals surface area contributed by atoms with E-state index >= 15 is 0 Å². The van der Waals surface area contributed by atoms with Crippen molar-refractivity contribution in [1.29, 1.82) is 0 Å². The van der Waals surface area contributed by atoms with Crippen molar-refractivity contribution in [3.8, 4) is 0 Å². The molecule has 18 heavy (non-hydrogen) atoms. The molecule has 0 aromatic rings. The number of nitrogens with zero attached hydrogens (tertiary/aromatic N) is 1. The highest BCUT2D eigenvalue weighted by Gasteiger charge is 2.35. The number of nitrogens with two attached hydrogens (primary N) is 1. The summed E-state index contributed by atoms with van der Waals surface area (Å²) in [5.74, 6) is 0.145. The second-order valence-electron chi connectivity index (χ2n) is 5.95. The summed E-state index contributed by atoms with van der Waals surface area (Å²) in [6, 6.07) is 0. The maximum Gasteiger partial charge on any atom is 0.225 e. The molecule has 1 amide bonds. The largest absolute Gasteiger partial charge is 0.393 e. The highest BCUT2D eigenvalue weighted by molar-refractivity contribution is 7.80. The van der Waals surface area contributed by atoms with Crippen molar-refractivity contribution in [3.05, 3.63) is 0 Å². The van der Waals surface area contributed by atoms with Gasteiger partial charge in [-0.1, -0.05) is 19.1 Å². The van der Waals surface area contributed by atoms with Gasteiger partial charge >= 0.3 is 0 Å². The van der Waals surface area contributed by atoms with Crippen molar-refractivity contribution in [2.24, 2.45) is 11.1 Å². The van der Waals surface area contributed by atoms with Crippen molar-refractivity contribution in [2.45, 2.75) is 45.6 Å². The van der Waals surface area contributed by atoms with Crippen LogP contribution in [0.25, 0.3) is 0 Å². The van der Waals surface area contributed by atoms with Gasteiger partial charge < -0.3 is 15.4 Å². The summed E-state index contributed by atoms with van der Waals surface area (Å²) in [6.45, 7) is 7.39. The second kappa shape index (κ2) is 5.53. The average molecular weight is 272 g/mol. The fraction of sp³-hybridized carbons (Fsp3) is 0.846. The first-order valence-electron chi connectivity index (χ1n) is 6.33. The first-order chi connectivity index (χ1) is 8.20. The number of piperidine rings is 1. The summed E-state index contributed by atoms with van der Waals surface area (Å²) >= 11 is 5.09. The highest BCUT2D eigenvalue weighted by atomic mass is 32.1. The Balaban J connectivity index is 2.53. The highest BCUT2D eigenvalue weighted by Crippen LogP contribution is 2.31. The zero-order chi connectivity index (χ0) is 14.0. The van der Waals surface area contributed by atoms with Gasteiger partial charge in [-0.05, 0) is 26.7 Å². The average Bonchev–Trinajstić information content (AvgIpc) is 2.29. The molecule has 104 valence electrons. The van der Waals surface area contributed by atoms with Crippen LogP contribution in [-0.4, -0.2) is 41.6 Å². The summed E-state index contributed by atoms with van der Waals surface area (Å²) in [6.07, 6.45) is 2.11. The van der Waals surface area contributed by atoms with Gasteiger partial charge in [-0.3, -0.25) is 4.79 Å². The fourth-order valence-corrected chi connectivity index (χ4v) is 2.25. The number of ether oxygens (including phenoxy) is 1. The maximum absolute atomic E-state index is 12.1. The third kappa shape index (κ3) is 3.65. The van der Waals surface area contributed by atoms with E-state index in [1.165, 1.54) is 0 Å². The van der Waals surface area contributed by atoms with Crippen molar-refractivity contribution in [2.75, 3.05) is 20.2 Å². The number of carbonyl (C=O) groups excluding carboxylic acids is 1. The molecule has 0 bridgehead atoms. The molecule has 0 spiro atoms. The van der Waals surface area contributed by atoms with Crippen LogP contribution in [0.1, 0.15) is 40.0 Å². The smallest absolute Gasteiger partial charge is 0.225 e. The molecule has 0 aromatic carbocycles. The molecule has 4 nitrogen and oxygen atoms in total. The second-order valence-corrected chi connectivity index (χ2v) is 6.39. The molecule has 0 radical (unpaired) electrons. The number of methoxy groups -OCH3 is 1. The van der Waals surface area contributed by atoms with Crippen LogP contribution in [0.5, 0.6) is 0 Å². The molecule has 0 aromatic heterocycles. The number of carbonyl (C=O) groups is 1. The minimum absolute atomic E-state index is 0.0944. The number of amides is 1. The number of rotatable bonds is 4. The van der Waals surface area contributed by atoms with Crippen LogP contribution >= 0.6 is 12.2 Å². The van der Waals surface area contributed by atoms with Gasteiger partial charge in [0.05, 0.1) is 17.0 Å². The topological polar surface area (TPSA) is 55.6 Å². The quantitative estimate of drug-likeness (QED) is 0.792. The van der Waals surface area contributed by atoms with Crippen LogP contribution in [0.4, 0.5) is 0 Å². The molecule has 1 heterocycles. The van der Waals surface area contributed by atoms with Crippen LogP contribution in [-0.2, 0) is 9.53 Å². The number of hydrogen-bond donors (Lipinski definition) is 1. The lowest BCUT2D eigenvalue weighted by Crippen LogP contribution is -2.48. The van der Waals surface area contributed by atoms with Gasteiger partial charge in [0, 0.05) is 25.6 Å². The summed E-state index contributed by atoms with van der Waals surface area (Å²) in [4.78, 5) is 14.6. The lowest BCUT2D eigenvalue weighted by Gasteiger charge is -2.39. The van der Waals surface area contributed by atoms with Crippen molar-refractivity contribution in [3.63, 3.8) is 0 Å². The van der Waals surface area contributed by atoms with Crippen LogP contribution in [0, 0.1) is 5.41 Å². The van der Waals surface area contributed by atoms with Gasteiger partial charge in [0.1, 0.15) is 0 Å². The summed E-state index contributed by atoms with van der Waals surface area (Å²) < 4.78 is 5.29. The molecule has 5 heteroatoms. The van der Waals surface area contributed by atoms with Crippen molar-refractivity contribution >= 4 is 23.1 Å². The van der Waals surface area contributed by atoms with Gasteiger partial charge in [-0.25, -0.2) is 0 Å². The van der Waals surface area contributed by atoms with Gasteiger partial charge in [-0.15, -0.1) is 0 Å². The molecule has 0 unspecified atom stereocenters. The number of thiocarbonyl (C=S) groups is 1. The standard InChI is InChI=1S/C13H24N2O2S/c1-12(2,17-4)9-10(16)15-7-5-13(3,6-8-15)11(14)18/h5-9H2,1-4H3,(H2,14,18). The normalized spacial score (nSPS) is 19.7. The molecule has 1 fully saturated rings. The maximum atomic E-state index is 12.1. The van der Waals surface area contributed by atoms with Crippen molar-refractivity contribution in [1.82, 2.24) is 4.90 Å². The Morgan fingerprint density at radius 3 is 2.33 bits per heavy atom. The molecule has 1 saturated heterocycles. The Morgan fingerprint density at radius 2 is 1.94 bits per heavy atom. The molecular weight excluding hydrogens is 248 g/mol. The summed E-state index contributed by atoms with van der Waals surface area (Å²) in [5.41, 5.74) is 5.26. The van der Waals surface area contributed by atoms with Gasteiger partial charge in [0.15, 0.2) is 0 Å². The number of hydrogen-bond acceptors (Lipinski definition) is 3. The van der Waals surface area contributed by atoms with E-state index in [0.29, 0.717) is 11.4 Å². The van der Waals surface area contributed by atoms with Crippen LogP contribution in [0.15, 0.2) is 0 Å². The first kappa shape index (κ1) is 15.4. The minimum Gasteiger partial charge on any atom is -0.393 e. The molecule has 0 atom stereocenters. The lowest BCUT2D eigenvalue weighted by atomic mass is 9.80. The monoisotopic (exact) mass is 272 g/mol. The van der Waals surface area contributed by atoms with E-state index in [2.05, 4.69) is 6.92 Å². The third-order valence-electron chi connectivity index (χ3n) is 3.94. The Bertz CT molecular complexity index is 334. The predicted octanol–water partition coefficient (Wildman–Crippen LogP) is 1.72. The third-order valence-corrected chi connectivity index (χ3v) is 4.44. The van der Waals surface area contributed by atoms with E-state index < -0.39 is 5.60 Å². The first-order valence-corrected chi connectivity index (χ1v) is 6.74. The fourth-order valence-electron chi connectivity index (χ4n) is 2.04.